The lowest BCUT2D eigenvalue weighted by Gasteiger charge is -2.29. The highest BCUT2D eigenvalue weighted by atomic mass is 19.1. The summed E-state index contributed by atoms with van der Waals surface area (Å²) in [5, 5.41) is 10.7. The molecular formula is C15H20F2O. The van der Waals surface area contributed by atoms with Crippen LogP contribution in [0.4, 0.5) is 8.78 Å². The van der Waals surface area contributed by atoms with Crippen molar-refractivity contribution in [2.75, 3.05) is 0 Å². The first-order valence-electron chi connectivity index (χ1n) is 6.39. The van der Waals surface area contributed by atoms with Crippen molar-refractivity contribution >= 4 is 0 Å². The summed E-state index contributed by atoms with van der Waals surface area (Å²) < 4.78 is 27.3. The second-order valence-electron chi connectivity index (χ2n) is 6.43. The monoisotopic (exact) mass is 254 g/mol. The summed E-state index contributed by atoms with van der Waals surface area (Å²) in [6.07, 6.45) is 1.50. The minimum Gasteiger partial charge on any atom is -0.389 e. The van der Waals surface area contributed by atoms with Crippen LogP contribution in [0, 0.1) is 23.0 Å². The molecule has 2 unspecified atom stereocenters. The lowest BCUT2D eigenvalue weighted by Crippen LogP contribution is -2.35. The van der Waals surface area contributed by atoms with Crippen molar-refractivity contribution in [3.8, 4) is 0 Å². The van der Waals surface area contributed by atoms with E-state index >= 15 is 0 Å². The zero-order valence-electron chi connectivity index (χ0n) is 11.1. The molecule has 0 saturated heterocycles. The van der Waals surface area contributed by atoms with Crippen molar-refractivity contribution in [1.82, 2.24) is 0 Å². The zero-order chi connectivity index (χ0) is 13.6. The molecule has 0 aliphatic heterocycles. The van der Waals surface area contributed by atoms with Crippen LogP contribution >= 0.6 is 0 Å². The van der Waals surface area contributed by atoms with Gasteiger partial charge in [0.1, 0.15) is 11.6 Å². The summed E-state index contributed by atoms with van der Waals surface area (Å²) in [5.41, 5.74) is -0.979. The highest BCUT2D eigenvalue weighted by Gasteiger charge is 2.47. The van der Waals surface area contributed by atoms with Crippen molar-refractivity contribution in [1.29, 1.82) is 0 Å². The van der Waals surface area contributed by atoms with Gasteiger partial charge in [-0.2, -0.15) is 0 Å². The summed E-state index contributed by atoms with van der Waals surface area (Å²) in [5.74, 6) is -1.09. The third-order valence-corrected chi connectivity index (χ3v) is 4.11. The molecule has 0 aromatic heterocycles. The molecule has 1 N–H and O–H groups in total. The highest BCUT2D eigenvalue weighted by molar-refractivity contribution is 5.23. The Balaban J connectivity index is 2.29. The molecule has 1 aromatic rings. The fourth-order valence-corrected chi connectivity index (χ4v) is 3.34. The molecule has 1 aliphatic carbocycles. The average Bonchev–Trinajstić information content (AvgIpc) is 2.42. The van der Waals surface area contributed by atoms with Gasteiger partial charge >= 0.3 is 0 Å². The van der Waals surface area contributed by atoms with E-state index in [1.165, 1.54) is 18.2 Å². The molecule has 2 rings (SSSR count). The van der Waals surface area contributed by atoms with E-state index in [1.54, 1.807) is 0 Å². The maximum Gasteiger partial charge on any atom is 0.129 e. The van der Waals surface area contributed by atoms with Crippen LogP contribution in [0.15, 0.2) is 18.2 Å². The fourth-order valence-electron chi connectivity index (χ4n) is 3.34. The van der Waals surface area contributed by atoms with E-state index in [0.29, 0.717) is 6.42 Å². The molecule has 0 spiro atoms. The zero-order valence-corrected chi connectivity index (χ0v) is 11.1. The van der Waals surface area contributed by atoms with E-state index in [-0.39, 0.29) is 23.3 Å². The van der Waals surface area contributed by atoms with E-state index < -0.39 is 17.2 Å². The standard InChI is InChI=1S/C15H20F2O/c1-10-7-14(2,3)9-15(10,18)8-11-12(16)5-4-6-13(11)17/h4-6,10,18H,7-9H2,1-3H3. The van der Waals surface area contributed by atoms with Gasteiger partial charge in [-0.3, -0.25) is 0 Å². The first kappa shape index (κ1) is 13.5. The molecular weight excluding hydrogens is 234 g/mol. The van der Waals surface area contributed by atoms with E-state index in [9.17, 15) is 13.9 Å². The van der Waals surface area contributed by atoms with Gasteiger partial charge in [0, 0.05) is 12.0 Å². The average molecular weight is 254 g/mol. The van der Waals surface area contributed by atoms with Gasteiger partial charge in [0.25, 0.3) is 0 Å². The molecule has 1 nitrogen and oxygen atoms in total. The Morgan fingerprint density at radius 2 is 1.83 bits per heavy atom. The number of rotatable bonds is 2. The molecule has 0 amide bonds. The maximum atomic E-state index is 13.6. The van der Waals surface area contributed by atoms with E-state index in [4.69, 9.17) is 0 Å². The number of halogens is 2. The Morgan fingerprint density at radius 1 is 1.28 bits per heavy atom. The highest BCUT2D eigenvalue weighted by Crippen LogP contribution is 2.49. The fraction of sp³-hybridized carbons (Fsp3) is 0.600. The van der Waals surface area contributed by atoms with E-state index in [2.05, 4.69) is 13.8 Å². The van der Waals surface area contributed by atoms with Crippen molar-refractivity contribution in [2.24, 2.45) is 11.3 Å². The van der Waals surface area contributed by atoms with Crippen LogP contribution in [0.1, 0.15) is 39.2 Å². The molecule has 1 aliphatic rings. The molecule has 2 atom stereocenters. The second-order valence-corrected chi connectivity index (χ2v) is 6.43. The van der Waals surface area contributed by atoms with Crippen LogP contribution in [-0.2, 0) is 6.42 Å². The quantitative estimate of drug-likeness (QED) is 0.853. The van der Waals surface area contributed by atoms with Gasteiger partial charge in [0.2, 0.25) is 0 Å². The number of hydrogen-bond acceptors (Lipinski definition) is 1. The molecule has 100 valence electrons. The van der Waals surface area contributed by atoms with Gasteiger partial charge in [-0.1, -0.05) is 26.8 Å². The molecule has 0 radical (unpaired) electrons. The Morgan fingerprint density at radius 3 is 2.28 bits per heavy atom. The van der Waals surface area contributed by atoms with Gasteiger partial charge in [-0.05, 0) is 36.3 Å². The normalized spacial score (nSPS) is 30.7. The van der Waals surface area contributed by atoms with Crippen LogP contribution in [0.5, 0.6) is 0 Å². The van der Waals surface area contributed by atoms with Crippen LogP contribution in [-0.4, -0.2) is 10.7 Å². The van der Waals surface area contributed by atoms with Gasteiger partial charge in [0.05, 0.1) is 5.60 Å². The second kappa shape index (κ2) is 4.30. The van der Waals surface area contributed by atoms with E-state index in [0.717, 1.165) is 6.42 Å². The summed E-state index contributed by atoms with van der Waals surface area (Å²) in [7, 11) is 0. The molecule has 1 aromatic carbocycles. The third kappa shape index (κ3) is 2.41. The van der Waals surface area contributed by atoms with Gasteiger partial charge in [-0.15, -0.1) is 0 Å². The number of hydrogen-bond donors (Lipinski definition) is 1. The van der Waals surface area contributed by atoms with Crippen LogP contribution < -0.4 is 0 Å². The molecule has 1 saturated carbocycles. The van der Waals surface area contributed by atoms with Crippen molar-refractivity contribution in [2.45, 2.75) is 45.6 Å². The first-order valence-corrected chi connectivity index (χ1v) is 6.39. The Kier molecular flexibility index (Phi) is 3.22. The lowest BCUT2D eigenvalue weighted by atomic mass is 9.84. The molecule has 0 heterocycles. The lowest BCUT2D eigenvalue weighted by molar-refractivity contribution is 0.00296. The van der Waals surface area contributed by atoms with Gasteiger partial charge in [-0.25, -0.2) is 8.78 Å². The SMILES string of the molecule is CC1CC(C)(C)CC1(O)Cc1c(F)cccc1F. The first-order chi connectivity index (χ1) is 8.23. The predicted octanol–water partition coefficient (Wildman–Crippen LogP) is 3.69. The Labute approximate surface area is 107 Å². The third-order valence-electron chi connectivity index (χ3n) is 4.11. The molecule has 0 bridgehead atoms. The van der Waals surface area contributed by atoms with Crippen LogP contribution in [0.3, 0.4) is 0 Å². The minimum absolute atomic E-state index is 0.00421. The minimum atomic E-state index is -1.01. The number of aliphatic hydroxyl groups is 1. The predicted molar refractivity (Wildman–Crippen MR) is 67.2 cm³/mol. The summed E-state index contributed by atoms with van der Waals surface area (Å²) in [6.45, 7) is 6.12. The molecule has 3 heteroatoms. The van der Waals surface area contributed by atoms with Crippen molar-refractivity contribution in [3.05, 3.63) is 35.4 Å². The number of benzene rings is 1. The molecule has 1 fully saturated rings. The largest absolute Gasteiger partial charge is 0.389 e. The maximum absolute atomic E-state index is 13.6. The molecule has 18 heavy (non-hydrogen) atoms. The topological polar surface area (TPSA) is 20.2 Å². The van der Waals surface area contributed by atoms with E-state index in [1.807, 2.05) is 6.92 Å². The summed E-state index contributed by atoms with van der Waals surface area (Å²) in [6, 6.07) is 3.83. The van der Waals surface area contributed by atoms with Crippen LogP contribution in [0.2, 0.25) is 0 Å². The Bertz CT molecular complexity index is 436. The Hall–Kier alpha value is -0.960. The van der Waals surface area contributed by atoms with Gasteiger partial charge < -0.3 is 5.11 Å². The smallest absolute Gasteiger partial charge is 0.129 e. The van der Waals surface area contributed by atoms with Gasteiger partial charge in [0.15, 0.2) is 0 Å². The van der Waals surface area contributed by atoms with Crippen LogP contribution in [0.25, 0.3) is 0 Å². The van der Waals surface area contributed by atoms with Crippen molar-refractivity contribution in [3.63, 3.8) is 0 Å². The van der Waals surface area contributed by atoms with Crippen molar-refractivity contribution < 1.29 is 13.9 Å². The summed E-state index contributed by atoms with van der Waals surface area (Å²) in [4.78, 5) is 0. The summed E-state index contributed by atoms with van der Waals surface area (Å²) >= 11 is 0.